The van der Waals surface area contributed by atoms with Gasteiger partial charge in [0.25, 0.3) is 0 Å². The topological polar surface area (TPSA) is 67.6 Å². The molecule has 5 nitrogen and oxygen atoms in total. The summed E-state index contributed by atoms with van der Waals surface area (Å²) < 4.78 is 4.92. The Labute approximate surface area is 139 Å². The number of carbonyl (C=O) groups is 1. The van der Waals surface area contributed by atoms with Crippen molar-refractivity contribution in [3.8, 4) is 0 Å². The van der Waals surface area contributed by atoms with E-state index in [1.807, 2.05) is 6.07 Å². The summed E-state index contributed by atoms with van der Waals surface area (Å²) in [6.07, 6.45) is 5.24. The van der Waals surface area contributed by atoms with Gasteiger partial charge in [-0.15, -0.1) is 0 Å². The Hall–Kier alpha value is -1.43. The van der Waals surface area contributed by atoms with E-state index < -0.39 is 6.04 Å². The Morgan fingerprint density at radius 2 is 1.87 bits per heavy atom. The highest BCUT2D eigenvalue weighted by atomic mass is 16.5. The molecule has 1 aliphatic heterocycles. The van der Waals surface area contributed by atoms with E-state index in [1.165, 1.54) is 44.3 Å². The largest absolute Gasteiger partial charge is 0.383 e. The minimum absolute atomic E-state index is 0.170. The van der Waals surface area contributed by atoms with E-state index in [4.69, 9.17) is 10.5 Å². The van der Waals surface area contributed by atoms with Gasteiger partial charge in [0.2, 0.25) is 5.91 Å². The number of benzene rings is 1. The van der Waals surface area contributed by atoms with Crippen LogP contribution in [0.25, 0.3) is 0 Å². The molecule has 23 heavy (non-hydrogen) atoms. The second-order valence-electron chi connectivity index (χ2n) is 6.24. The molecular weight excluding hydrogens is 290 g/mol. The Morgan fingerprint density at radius 1 is 1.22 bits per heavy atom. The van der Waals surface area contributed by atoms with Crippen molar-refractivity contribution < 1.29 is 9.53 Å². The number of hydrogen-bond acceptors (Lipinski definition) is 4. The molecule has 0 aliphatic carbocycles. The first-order valence-electron chi connectivity index (χ1n) is 8.52. The molecule has 5 heteroatoms. The fourth-order valence-corrected chi connectivity index (χ4v) is 2.99. The van der Waals surface area contributed by atoms with Crippen LogP contribution in [-0.4, -0.2) is 43.7 Å². The fraction of sp³-hybridized carbons (Fsp3) is 0.611. The van der Waals surface area contributed by atoms with Gasteiger partial charge in [-0.25, -0.2) is 0 Å². The Morgan fingerprint density at radius 3 is 2.52 bits per heavy atom. The molecule has 1 unspecified atom stereocenters. The maximum Gasteiger partial charge on any atom is 0.239 e. The summed E-state index contributed by atoms with van der Waals surface area (Å²) in [5.74, 6) is -0.170. The van der Waals surface area contributed by atoms with Crippen molar-refractivity contribution in [1.82, 2.24) is 10.2 Å². The molecule has 1 aliphatic rings. The number of hydrogen-bond donors (Lipinski definition) is 2. The minimum atomic E-state index is -0.613. The van der Waals surface area contributed by atoms with Gasteiger partial charge in [0.05, 0.1) is 6.61 Å². The molecule has 0 saturated carbocycles. The summed E-state index contributed by atoms with van der Waals surface area (Å²) >= 11 is 0. The molecule has 128 valence electrons. The fourth-order valence-electron chi connectivity index (χ4n) is 2.99. The maximum atomic E-state index is 11.9. The smallest absolute Gasteiger partial charge is 0.239 e. The number of nitrogens with two attached hydrogens (primary N) is 1. The summed E-state index contributed by atoms with van der Waals surface area (Å²) in [5, 5.41) is 2.91. The molecule has 1 saturated heterocycles. The number of likely N-dealkylation sites (tertiary alicyclic amines) is 1. The number of rotatable bonds is 7. The van der Waals surface area contributed by atoms with Crippen LogP contribution in [0.4, 0.5) is 0 Å². The molecule has 0 radical (unpaired) electrons. The van der Waals surface area contributed by atoms with Crippen LogP contribution in [0.15, 0.2) is 24.3 Å². The number of carbonyl (C=O) groups excluding carboxylic acids is 1. The molecule has 0 bridgehead atoms. The van der Waals surface area contributed by atoms with Crippen molar-refractivity contribution in [3.05, 3.63) is 35.4 Å². The summed E-state index contributed by atoms with van der Waals surface area (Å²) in [4.78, 5) is 14.4. The van der Waals surface area contributed by atoms with E-state index in [-0.39, 0.29) is 12.5 Å². The molecule has 2 rings (SSSR count). The molecule has 1 heterocycles. The monoisotopic (exact) mass is 319 g/mol. The third-order valence-corrected chi connectivity index (χ3v) is 4.35. The third kappa shape index (κ3) is 5.94. The predicted octanol–water partition coefficient (Wildman–Crippen LogP) is 1.65. The highest BCUT2D eigenvalue weighted by molar-refractivity contribution is 5.81. The van der Waals surface area contributed by atoms with Gasteiger partial charge in [0.15, 0.2) is 0 Å². The highest BCUT2D eigenvalue weighted by Crippen LogP contribution is 2.16. The van der Waals surface area contributed by atoms with Crippen LogP contribution in [0.3, 0.4) is 0 Å². The van der Waals surface area contributed by atoms with Gasteiger partial charge in [-0.1, -0.05) is 37.1 Å². The first-order valence-corrected chi connectivity index (χ1v) is 8.52. The normalized spacial score (nSPS) is 17.5. The Balaban J connectivity index is 1.92. The predicted molar refractivity (Wildman–Crippen MR) is 91.9 cm³/mol. The van der Waals surface area contributed by atoms with Gasteiger partial charge in [-0.3, -0.25) is 9.69 Å². The first-order chi connectivity index (χ1) is 11.2. The Kier molecular flexibility index (Phi) is 7.52. The van der Waals surface area contributed by atoms with Gasteiger partial charge in [0.1, 0.15) is 6.04 Å². The number of amides is 1. The number of ether oxygens (including phenoxy) is 1. The van der Waals surface area contributed by atoms with Crippen molar-refractivity contribution in [2.24, 2.45) is 5.73 Å². The standard InChI is InChI=1S/C18H29N3O2/c1-23-14-17(19)18(22)20-12-15-8-4-5-9-16(15)13-21-10-6-2-3-7-11-21/h4-5,8-9,17H,2-3,6-7,10-14,19H2,1H3,(H,20,22). The van der Waals surface area contributed by atoms with Crippen LogP contribution < -0.4 is 11.1 Å². The zero-order chi connectivity index (χ0) is 16.5. The average molecular weight is 319 g/mol. The molecule has 0 spiro atoms. The van der Waals surface area contributed by atoms with Gasteiger partial charge < -0.3 is 15.8 Å². The molecular formula is C18H29N3O2. The lowest BCUT2D eigenvalue weighted by Crippen LogP contribution is -2.43. The van der Waals surface area contributed by atoms with Crippen molar-refractivity contribution in [2.75, 3.05) is 26.8 Å². The molecule has 1 amide bonds. The van der Waals surface area contributed by atoms with E-state index in [0.29, 0.717) is 6.54 Å². The third-order valence-electron chi connectivity index (χ3n) is 4.35. The summed E-state index contributed by atoms with van der Waals surface area (Å²) in [6, 6.07) is 7.70. The van der Waals surface area contributed by atoms with Gasteiger partial charge >= 0.3 is 0 Å². The van der Waals surface area contributed by atoms with Crippen LogP contribution in [0, 0.1) is 0 Å². The van der Waals surface area contributed by atoms with Gasteiger partial charge in [0, 0.05) is 20.2 Å². The van der Waals surface area contributed by atoms with Gasteiger partial charge in [-0.2, -0.15) is 0 Å². The number of nitrogens with zero attached hydrogens (tertiary/aromatic N) is 1. The molecule has 1 aromatic carbocycles. The van der Waals surface area contributed by atoms with E-state index in [2.05, 4.69) is 28.4 Å². The van der Waals surface area contributed by atoms with Crippen molar-refractivity contribution in [2.45, 2.75) is 44.8 Å². The first kappa shape index (κ1) is 17.9. The number of nitrogens with one attached hydrogen (secondary N) is 1. The van der Waals surface area contributed by atoms with E-state index in [9.17, 15) is 4.79 Å². The summed E-state index contributed by atoms with van der Waals surface area (Å²) in [5.41, 5.74) is 8.20. The van der Waals surface area contributed by atoms with Crippen LogP contribution in [0.5, 0.6) is 0 Å². The average Bonchev–Trinajstić information content (AvgIpc) is 2.82. The molecule has 0 aromatic heterocycles. The SMILES string of the molecule is COCC(N)C(=O)NCc1ccccc1CN1CCCCCC1. The minimum Gasteiger partial charge on any atom is -0.383 e. The van der Waals surface area contributed by atoms with Crippen molar-refractivity contribution in [1.29, 1.82) is 0 Å². The molecule has 1 atom stereocenters. The zero-order valence-electron chi connectivity index (χ0n) is 14.1. The zero-order valence-corrected chi connectivity index (χ0v) is 14.1. The number of methoxy groups -OCH3 is 1. The quantitative estimate of drug-likeness (QED) is 0.802. The molecule has 1 fully saturated rings. The molecule has 1 aromatic rings. The van der Waals surface area contributed by atoms with Crippen LogP contribution in [0.1, 0.15) is 36.8 Å². The van der Waals surface area contributed by atoms with Crippen LogP contribution in [-0.2, 0) is 22.6 Å². The van der Waals surface area contributed by atoms with E-state index in [1.54, 1.807) is 7.11 Å². The van der Waals surface area contributed by atoms with Gasteiger partial charge in [-0.05, 0) is 37.1 Å². The van der Waals surface area contributed by atoms with E-state index >= 15 is 0 Å². The molecule has 3 N–H and O–H groups in total. The van der Waals surface area contributed by atoms with Crippen molar-refractivity contribution in [3.63, 3.8) is 0 Å². The maximum absolute atomic E-state index is 11.9. The van der Waals surface area contributed by atoms with Crippen LogP contribution in [0.2, 0.25) is 0 Å². The second kappa shape index (κ2) is 9.65. The lowest BCUT2D eigenvalue weighted by Gasteiger charge is -2.22. The Bertz CT molecular complexity index is 485. The van der Waals surface area contributed by atoms with Crippen molar-refractivity contribution >= 4 is 5.91 Å². The lowest BCUT2D eigenvalue weighted by atomic mass is 10.1. The lowest BCUT2D eigenvalue weighted by molar-refractivity contribution is -0.123. The second-order valence-corrected chi connectivity index (χ2v) is 6.24. The highest BCUT2D eigenvalue weighted by Gasteiger charge is 2.14. The van der Waals surface area contributed by atoms with E-state index in [0.717, 1.165) is 12.1 Å². The summed E-state index contributed by atoms with van der Waals surface area (Å²) in [7, 11) is 1.55. The summed E-state index contributed by atoms with van der Waals surface area (Å²) in [6.45, 7) is 4.04. The van der Waals surface area contributed by atoms with Crippen LogP contribution >= 0.6 is 0 Å².